The first-order chi connectivity index (χ1) is 10.7. The molecule has 0 aromatic heterocycles. The summed E-state index contributed by atoms with van der Waals surface area (Å²) < 4.78 is 55.2. The minimum atomic E-state index is -3.71. The van der Waals surface area contributed by atoms with Gasteiger partial charge in [0, 0.05) is 32.5 Å². The lowest BCUT2D eigenvalue weighted by Gasteiger charge is -2.37. The van der Waals surface area contributed by atoms with E-state index in [9.17, 15) is 16.8 Å². The van der Waals surface area contributed by atoms with Gasteiger partial charge in [0.25, 0.3) is 0 Å². The Morgan fingerprint density at radius 3 is 2.22 bits per heavy atom. The normalized spacial score (nSPS) is 23.8. The van der Waals surface area contributed by atoms with Crippen LogP contribution in [0.4, 0.5) is 0 Å². The number of piperidine rings is 1. The fraction of sp³-hybridized carbons (Fsp3) is 0.571. The monoisotopic (exact) mass is 362 g/mol. The second-order valence-electron chi connectivity index (χ2n) is 5.63. The maximum Gasteiger partial charge on any atom is 0.243 e. The molecule has 130 valence electrons. The van der Waals surface area contributed by atoms with Crippen LogP contribution in [0.1, 0.15) is 12.8 Å². The number of nitrogens with zero attached hydrogens (tertiary/aromatic N) is 1. The van der Waals surface area contributed by atoms with Crippen LogP contribution < -0.4 is 5.73 Å². The second-order valence-corrected chi connectivity index (χ2v) is 9.54. The quantitative estimate of drug-likeness (QED) is 0.803. The van der Waals surface area contributed by atoms with Crippen molar-refractivity contribution in [2.24, 2.45) is 5.73 Å². The van der Waals surface area contributed by atoms with Gasteiger partial charge in [-0.3, -0.25) is 0 Å². The fourth-order valence-corrected chi connectivity index (χ4v) is 5.02. The summed E-state index contributed by atoms with van der Waals surface area (Å²) in [6.07, 6.45) is 2.24. The summed E-state index contributed by atoms with van der Waals surface area (Å²) in [7, 11) is -5.47. The van der Waals surface area contributed by atoms with Gasteiger partial charge in [-0.25, -0.2) is 16.8 Å². The Bertz CT molecular complexity index is 744. The number of sulfonamides is 1. The van der Waals surface area contributed by atoms with E-state index in [2.05, 4.69) is 0 Å². The third-order valence-electron chi connectivity index (χ3n) is 4.08. The molecule has 1 heterocycles. The minimum Gasteiger partial charge on any atom is -0.381 e. The molecule has 0 saturated carbocycles. The van der Waals surface area contributed by atoms with Gasteiger partial charge in [-0.1, -0.05) is 0 Å². The lowest BCUT2D eigenvalue weighted by Crippen LogP contribution is -2.51. The van der Waals surface area contributed by atoms with Gasteiger partial charge in [0.2, 0.25) is 10.0 Å². The first-order valence-corrected chi connectivity index (χ1v) is 10.6. The predicted octanol–water partition coefficient (Wildman–Crippen LogP) is 0.217. The highest BCUT2D eigenvalue weighted by Crippen LogP contribution is 2.26. The summed E-state index contributed by atoms with van der Waals surface area (Å²) in [5.41, 5.74) is 5.73. The summed E-state index contributed by atoms with van der Waals surface area (Å²) >= 11 is 0. The van der Waals surface area contributed by atoms with Crippen LogP contribution in [0.2, 0.25) is 0 Å². The molecule has 1 fully saturated rings. The lowest BCUT2D eigenvalue weighted by molar-refractivity contribution is 0.0401. The van der Waals surface area contributed by atoms with Crippen LogP contribution >= 0.6 is 0 Å². The number of hydrogen-bond donors (Lipinski definition) is 1. The molecule has 23 heavy (non-hydrogen) atoms. The van der Waals surface area contributed by atoms with Crippen molar-refractivity contribution in [1.82, 2.24) is 4.31 Å². The van der Waals surface area contributed by atoms with E-state index in [4.69, 9.17) is 10.5 Å². The molecule has 0 radical (unpaired) electrons. The number of rotatable bonds is 5. The molecule has 2 rings (SSSR count). The van der Waals surface area contributed by atoms with E-state index in [-0.39, 0.29) is 28.5 Å². The number of hydrogen-bond acceptors (Lipinski definition) is 6. The van der Waals surface area contributed by atoms with Crippen molar-refractivity contribution in [3.63, 3.8) is 0 Å². The molecule has 7 nitrogen and oxygen atoms in total. The van der Waals surface area contributed by atoms with Crippen molar-refractivity contribution in [3.8, 4) is 0 Å². The van der Waals surface area contributed by atoms with E-state index in [0.717, 1.165) is 6.26 Å². The van der Waals surface area contributed by atoms with Crippen LogP contribution in [-0.4, -0.2) is 59.7 Å². The molecule has 0 aliphatic carbocycles. The number of benzene rings is 1. The molecule has 1 aromatic carbocycles. The highest BCUT2D eigenvalue weighted by molar-refractivity contribution is 7.90. The highest BCUT2D eigenvalue weighted by Gasteiger charge is 2.36. The summed E-state index contributed by atoms with van der Waals surface area (Å²) in [6.45, 7) is 0.539. The first kappa shape index (κ1) is 18.3. The van der Waals surface area contributed by atoms with E-state index in [1.807, 2.05) is 0 Å². The molecule has 2 N–H and O–H groups in total. The minimum absolute atomic E-state index is 0.00242. The number of methoxy groups -OCH3 is 1. The summed E-state index contributed by atoms with van der Waals surface area (Å²) in [5, 5.41) is 0. The van der Waals surface area contributed by atoms with Gasteiger partial charge in [-0.2, -0.15) is 4.31 Å². The summed E-state index contributed by atoms with van der Waals surface area (Å²) in [5.74, 6) is 0. The van der Waals surface area contributed by atoms with Crippen LogP contribution in [-0.2, 0) is 24.6 Å². The number of nitrogens with two attached hydrogens (primary N) is 1. The average Bonchev–Trinajstić information content (AvgIpc) is 2.53. The molecular formula is C14H22N2O5S2. The van der Waals surface area contributed by atoms with Gasteiger partial charge in [0.05, 0.1) is 15.9 Å². The molecule has 1 saturated heterocycles. The molecule has 1 aliphatic rings. The molecule has 0 amide bonds. The molecule has 1 aromatic rings. The van der Waals surface area contributed by atoms with Crippen LogP contribution in [0.3, 0.4) is 0 Å². The van der Waals surface area contributed by atoms with E-state index in [0.29, 0.717) is 19.4 Å². The van der Waals surface area contributed by atoms with E-state index >= 15 is 0 Å². The average molecular weight is 362 g/mol. The summed E-state index contributed by atoms with van der Waals surface area (Å²) in [4.78, 5) is 0.157. The van der Waals surface area contributed by atoms with Crippen molar-refractivity contribution in [2.45, 2.75) is 34.8 Å². The van der Waals surface area contributed by atoms with Gasteiger partial charge in [-0.15, -0.1) is 0 Å². The Balaban J connectivity index is 2.30. The third kappa shape index (κ3) is 3.92. The Kier molecular flexibility index (Phi) is 5.47. The maximum atomic E-state index is 12.8. The fourth-order valence-electron chi connectivity index (χ4n) is 2.73. The van der Waals surface area contributed by atoms with Crippen molar-refractivity contribution in [1.29, 1.82) is 0 Å². The van der Waals surface area contributed by atoms with Crippen LogP contribution in [0.5, 0.6) is 0 Å². The highest BCUT2D eigenvalue weighted by atomic mass is 32.2. The van der Waals surface area contributed by atoms with E-state index in [1.165, 1.54) is 28.6 Å². The Hall–Kier alpha value is -1.00. The second kappa shape index (κ2) is 6.86. The topological polar surface area (TPSA) is 107 Å². The van der Waals surface area contributed by atoms with Gasteiger partial charge >= 0.3 is 0 Å². The third-order valence-corrected chi connectivity index (χ3v) is 7.17. The number of sulfone groups is 1. The van der Waals surface area contributed by atoms with Crippen LogP contribution in [0.25, 0.3) is 0 Å². The zero-order valence-corrected chi connectivity index (χ0v) is 14.8. The standard InChI is InChI=1S/C14H22N2O5S2/c1-21-12-7-8-16(11(9-12)10-15)23(19,20)14-5-3-13(4-6-14)22(2,17)18/h3-6,11-12H,7-10,15H2,1-2H3. The van der Waals surface area contributed by atoms with Gasteiger partial charge < -0.3 is 10.5 Å². The SMILES string of the molecule is COC1CCN(S(=O)(=O)c2ccc(S(C)(=O)=O)cc2)C(CN)C1. The predicted molar refractivity (Wildman–Crippen MR) is 86.3 cm³/mol. The van der Waals surface area contributed by atoms with Gasteiger partial charge in [0.1, 0.15) is 0 Å². The van der Waals surface area contributed by atoms with Crippen molar-refractivity contribution in [3.05, 3.63) is 24.3 Å². The molecule has 2 atom stereocenters. The Morgan fingerprint density at radius 2 is 1.74 bits per heavy atom. The molecule has 2 unspecified atom stereocenters. The van der Waals surface area contributed by atoms with Crippen molar-refractivity contribution < 1.29 is 21.6 Å². The smallest absolute Gasteiger partial charge is 0.243 e. The molecule has 0 bridgehead atoms. The molecule has 9 heteroatoms. The maximum absolute atomic E-state index is 12.8. The Morgan fingerprint density at radius 1 is 1.17 bits per heavy atom. The molecule has 0 spiro atoms. The number of ether oxygens (including phenoxy) is 1. The molecule has 1 aliphatic heterocycles. The summed E-state index contributed by atoms with van der Waals surface area (Å²) in [6, 6.07) is 4.93. The van der Waals surface area contributed by atoms with Crippen LogP contribution in [0, 0.1) is 0 Å². The Labute approximate surface area is 137 Å². The largest absolute Gasteiger partial charge is 0.381 e. The van der Waals surface area contributed by atoms with E-state index in [1.54, 1.807) is 7.11 Å². The van der Waals surface area contributed by atoms with Gasteiger partial charge in [0.15, 0.2) is 9.84 Å². The molecular weight excluding hydrogens is 340 g/mol. The van der Waals surface area contributed by atoms with Crippen molar-refractivity contribution in [2.75, 3.05) is 26.5 Å². The van der Waals surface area contributed by atoms with E-state index < -0.39 is 19.9 Å². The zero-order chi connectivity index (χ0) is 17.3. The van der Waals surface area contributed by atoms with Crippen molar-refractivity contribution >= 4 is 19.9 Å². The van der Waals surface area contributed by atoms with Crippen LogP contribution in [0.15, 0.2) is 34.1 Å². The first-order valence-electron chi connectivity index (χ1n) is 7.25. The van der Waals surface area contributed by atoms with Gasteiger partial charge in [-0.05, 0) is 37.1 Å². The zero-order valence-electron chi connectivity index (χ0n) is 13.2. The lowest BCUT2D eigenvalue weighted by atomic mass is 10.0.